The van der Waals surface area contributed by atoms with Crippen LogP contribution in [0.3, 0.4) is 0 Å². The number of hydrogen-bond donors (Lipinski definition) is 2. The molecule has 188 valence electrons. The summed E-state index contributed by atoms with van der Waals surface area (Å²) in [4.78, 5) is 35.4. The fourth-order valence-corrected chi connectivity index (χ4v) is 4.28. The summed E-state index contributed by atoms with van der Waals surface area (Å²) in [6.07, 6.45) is 4.97. The molecule has 0 saturated heterocycles. The number of pyridine rings is 1. The molecule has 5 rings (SSSR count). The van der Waals surface area contributed by atoms with Gasteiger partial charge in [-0.05, 0) is 43.5 Å². The number of nitrogens with one attached hydrogen (secondary N) is 1. The van der Waals surface area contributed by atoms with Gasteiger partial charge >= 0.3 is 0 Å². The predicted octanol–water partition coefficient (Wildman–Crippen LogP) is 3.30. The zero-order valence-corrected chi connectivity index (χ0v) is 21.1. The second-order valence-corrected chi connectivity index (χ2v) is 8.91. The Morgan fingerprint density at radius 2 is 1.87 bits per heavy atom. The number of rotatable bonds is 4. The largest absolute Gasteiger partial charge is 0.382 e. The first-order valence-corrected chi connectivity index (χ1v) is 12.0. The van der Waals surface area contributed by atoms with E-state index in [2.05, 4.69) is 32.2 Å². The smallest absolute Gasteiger partial charge is 0.274 e. The van der Waals surface area contributed by atoms with Gasteiger partial charge < -0.3 is 11.1 Å². The quantitative estimate of drug-likeness (QED) is 0.363. The molecule has 5 aromatic rings. The molecule has 1 atom stereocenters. The Balaban J connectivity index is 1.64. The highest BCUT2D eigenvalue weighted by Gasteiger charge is 2.21. The predicted molar refractivity (Wildman–Crippen MR) is 146 cm³/mol. The van der Waals surface area contributed by atoms with Crippen molar-refractivity contribution in [2.45, 2.75) is 19.9 Å². The number of aromatic nitrogens is 5. The number of para-hydroxylation sites is 1. The van der Waals surface area contributed by atoms with Gasteiger partial charge in [0.15, 0.2) is 11.5 Å². The molecule has 2 aromatic carbocycles. The first-order chi connectivity index (χ1) is 18.3. The molecule has 1 amide bonds. The Morgan fingerprint density at radius 3 is 2.58 bits per heavy atom. The SMILES string of the molecule is Cc1cnc(C(=O)NC(C)c2cc3cccc(C#Cc4cnn(C)c4)c3c(=O)n2-c2ccccc2)c(N)n1. The van der Waals surface area contributed by atoms with Crippen molar-refractivity contribution in [1.82, 2.24) is 29.6 Å². The van der Waals surface area contributed by atoms with Crippen LogP contribution in [-0.2, 0) is 7.05 Å². The van der Waals surface area contributed by atoms with Gasteiger partial charge in [-0.3, -0.25) is 18.8 Å². The molecule has 1 unspecified atom stereocenters. The van der Waals surface area contributed by atoms with E-state index < -0.39 is 11.9 Å². The van der Waals surface area contributed by atoms with Gasteiger partial charge in [-0.15, -0.1) is 0 Å². The molecule has 3 N–H and O–H groups in total. The zero-order chi connectivity index (χ0) is 26.8. The van der Waals surface area contributed by atoms with E-state index in [1.165, 1.54) is 6.20 Å². The van der Waals surface area contributed by atoms with Gasteiger partial charge in [-0.25, -0.2) is 9.97 Å². The minimum absolute atomic E-state index is 0.0322. The average molecular weight is 504 g/mol. The summed E-state index contributed by atoms with van der Waals surface area (Å²) in [7, 11) is 1.82. The van der Waals surface area contributed by atoms with Crippen molar-refractivity contribution < 1.29 is 4.79 Å². The van der Waals surface area contributed by atoms with Crippen LogP contribution in [0.5, 0.6) is 0 Å². The Morgan fingerprint density at radius 1 is 1.08 bits per heavy atom. The monoisotopic (exact) mass is 503 g/mol. The zero-order valence-electron chi connectivity index (χ0n) is 21.1. The minimum Gasteiger partial charge on any atom is -0.382 e. The maximum absolute atomic E-state index is 14.1. The summed E-state index contributed by atoms with van der Waals surface area (Å²) in [5, 5.41) is 8.27. The topological polar surface area (TPSA) is 121 Å². The number of benzene rings is 2. The Kier molecular flexibility index (Phi) is 6.46. The number of aryl methyl sites for hydroxylation is 2. The first-order valence-electron chi connectivity index (χ1n) is 12.0. The first kappa shape index (κ1) is 24.5. The number of carbonyl (C=O) groups is 1. The fourth-order valence-electron chi connectivity index (χ4n) is 4.28. The molecule has 0 fully saturated rings. The molecule has 0 aliphatic carbocycles. The van der Waals surface area contributed by atoms with Crippen LogP contribution in [0.25, 0.3) is 16.5 Å². The van der Waals surface area contributed by atoms with Crippen LogP contribution in [0.1, 0.15) is 46.0 Å². The summed E-state index contributed by atoms with van der Waals surface area (Å²) in [6.45, 7) is 3.55. The lowest BCUT2D eigenvalue weighted by Crippen LogP contribution is -2.33. The van der Waals surface area contributed by atoms with Crippen LogP contribution >= 0.6 is 0 Å². The number of nitrogen functional groups attached to an aromatic ring is 1. The summed E-state index contributed by atoms with van der Waals surface area (Å²) in [5.41, 5.74) is 8.96. The van der Waals surface area contributed by atoms with E-state index in [-0.39, 0.29) is 17.1 Å². The van der Waals surface area contributed by atoms with Crippen LogP contribution < -0.4 is 16.6 Å². The highest BCUT2D eigenvalue weighted by Crippen LogP contribution is 2.23. The van der Waals surface area contributed by atoms with Gasteiger partial charge in [0.1, 0.15) is 0 Å². The summed E-state index contributed by atoms with van der Waals surface area (Å²) in [6, 6.07) is 16.2. The number of anilines is 1. The molecule has 9 nitrogen and oxygen atoms in total. The van der Waals surface area contributed by atoms with E-state index in [4.69, 9.17) is 5.73 Å². The fraction of sp³-hybridized carbons (Fsp3) is 0.138. The number of hydrogen-bond acceptors (Lipinski definition) is 6. The van der Waals surface area contributed by atoms with E-state index in [0.717, 1.165) is 5.56 Å². The van der Waals surface area contributed by atoms with Gasteiger partial charge in [-0.1, -0.05) is 42.2 Å². The van der Waals surface area contributed by atoms with Crippen molar-refractivity contribution in [3.8, 4) is 17.5 Å². The Labute approximate surface area is 219 Å². The third kappa shape index (κ3) is 4.75. The molecule has 3 heterocycles. The van der Waals surface area contributed by atoms with Crippen molar-refractivity contribution in [2.24, 2.45) is 7.05 Å². The van der Waals surface area contributed by atoms with Gasteiger partial charge in [-0.2, -0.15) is 5.10 Å². The lowest BCUT2D eigenvalue weighted by atomic mass is 10.0. The van der Waals surface area contributed by atoms with Gasteiger partial charge in [0.25, 0.3) is 11.5 Å². The lowest BCUT2D eigenvalue weighted by molar-refractivity contribution is 0.0934. The molecule has 0 bridgehead atoms. The van der Waals surface area contributed by atoms with Crippen molar-refractivity contribution >= 4 is 22.5 Å². The third-order valence-corrected chi connectivity index (χ3v) is 6.06. The molecule has 3 aromatic heterocycles. The number of fused-ring (bicyclic) bond motifs is 1. The van der Waals surface area contributed by atoms with Crippen LogP contribution in [0, 0.1) is 18.8 Å². The molecular weight excluding hydrogens is 478 g/mol. The number of nitrogens with two attached hydrogens (primary N) is 1. The van der Waals surface area contributed by atoms with Crippen LogP contribution in [0.15, 0.2) is 78.0 Å². The molecule has 0 aliphatic heterocycles. The van der Waals surface area contributed by atoms with Crippen LogP contribution in [-0.4, -0.2) is 30.2 Å². The van der Waals surface area contributed by atoms with Crippen molar-refractivity contribution in [3.63, 3.8) is 0 Å². The molecule has 0 aliphatic rings. The normalized spacial score (nSPS) is 11.6. The average Bonchev–Trinajstić information content (AvgIpc) is 3.32. The molecule has 0 spiro atoms. The Hall–Kier alpha value is -5.23. The molecule has 38 heavy (non-hydrogen) atoms. The summed E-state index contributed by atoms with van der Waals surface area (Å²) < 4.78 is 3.28. The molecule has 9 heteroatoms. The number of amides is 1. The number of nitrogens with zero attached hydrogens (tertiary/aromatic N) is 5. The summed E-state index contributed by atoms with van der Waals surface area (Å²) in [5.74, 6) is 5.79. The highest BCUT2D eigenvalue weighted by atomic mass is 16.2. The van der Waals surface area contributed by atoms with E-state index in [1.54, 1.807) is 22.4 Å². The van der Waals surface area contributed by atoms with Crippen LogP contribution in [0.2, 0.25) is 0 Å². The van der Waals surface area contributed by atoms with Gasteiger partial charge in [0.05, 0.1) is 28.9 Å². The molecular formula is C29H25N7O2. The van der Waals surface area contributed by atoms with Crippen molar-refractivity contribution in [3.05, 3.63) is 112 Å². The second kappa shape index (κ2) is 10.0. The summed E-state index contributed by atoms with van der Waals surface area (Å²) >= 11 is 0. The standard InChI is InChI=1S/C29H25N7O2/c1-18-15-31-26(27(30)33-18)28(37)34-19(2)24-14-22-9-7-8-21(13-12-20-16-32-35(3)17-20)25(22)29(38)36(24)23-10-5-4-6-11-23/h4-11,14-17,19H,1-3H3,(H2,30,33)(H,34,37). The minimum atomic E-state index is -0.563. The van der Waals surface area contributed by atoms with Gasteiger partial charge in [0, 0.05) is 36.4 Å². The third-order valence-electron chi connectivity index (χ3n) is 6.06. The van der Waals surface area contributed by atoms with Crippen molar-refractivity contribution in [2.75, 3.05) is 5.73 Å². The lowest BCUT2D eigenvalue weighted by Gasteiger charge is -2.21. The number of carbonyl (C=O) groups excluding carboxylic acids is 1. The van der Waals surface area contributed by atoms with E-state index >= 15 is 0 Å². The second-order valence-electron chi connectivity index (χ2n) is 8.91. The van der Waals surface area contributed by atoms with Crippen molar-refractivity contribution in [1.29, 1.82) is 0 Å². The molecule has 0 saturated carbocycles. The van der Waals surface area contributed by atoms with E-state index in [0.29, 0.717) is 33.4 Å². The molecule has 0 radical (unpaired) electrons. The van der Waals surface area contributed by atoms with E-state index in [1.807, 2.05) is 74.8 Å². The Bertz CT molecular complexity index is 1790. The maximum atomic E-state index is 14.1. The van der Waals surface area contributed by atoms with Crippen LogP contribution in [0.4, 0.5) is 5.82 Å². The van der Waals surface area contributed by atoms with E-state index in [9.17, 15) is 9.59 Å². The maximum Gasteiger partial charge on any atom is 0.274 e. The highest BCUT2D eigenvalue weighted by molar-refractivity contribution is 5.96. The van der Waals surface area contributed by atoms with Gasteiger partial charge in [0.2, 0.25) is 0 Å².